The van der Waals surface area contributed by atoms with Crippen LogP contribution in [0.3, 0.4) is 0 Å². The number of methoxy groups -OCH3 is 1. The molecule has 0 bridgehead atoms. The van der Waals surface area contributed by atoms with Crippen LogP contribution in [0.4, 0.5) is 0 Å². The number of halogens is 1. The summed E-state index contributed by atoms with van der Waals surface area (Å²) < 4.78 is 14.4. The van der Waals surface area contributed by atoms with Gasteiger partial charge in [0.15, 0.2) is 5.58 Å². The first kappa shape index (κ1) is 11.1. The molecule has 4 nitrogen and oxygen atoms in total. The largest absolute Gasteiger partial charge is 0.497 e. The zero-order valence-corrected chi connectivity index (χ0v) is 10.6. The molecule has 5 heteroatoms. The third-order valence-corrected chi connectivity index (χ3v) is 2.56. The SMILES string of the molecule is COc1ccc2oc(=O)n(CC#CI)c2c1. The average Bonchev–Trinajstić information content (AvgIpc) is 2.61. The lowest BCUT2D eigenvalue weighted by Crippen LogP contribution is -2.12. The third kappa shape index (κ3) is 1.93. The molecule has 1 aromatic carbocycles. The van der Waals surface area contributed by atoms with Crippen molar-refractivity contribution in [3.8, 4) is 15.6 Å². The van der Waals surface area contributed by atoms with Crippen molar-refractivity contribution in [1.29, 1.82) is 0 Å². The van der Waals surface area contributed by atoms with E-state index in [1.165, 1.54) is 4.57 Å². The fraction of sp³-hybridized carbons (Fsp3) is 0.182. The van der Waals surface area contributed by atoms with Crippen LogP contribution in [0.25, 0.3) is 11.1 Å². The first-order valence-electron chi connectivity index (χ1n) is 4.52. The van der Waals surface area contributed by atoms with E-state index in [0.29, 0.717) is 23.4 Å². The Kier molecular flexibility index (Phi) is 3.19. The fourth-order valence-electron chi connectivity index (χ4n) is 1.43. The monoisotopic (exact) mass is 329 g/mol. The Morgan fingerprint density at radius 3 is 3.06 bits per heavy atom. The van der Waals surface area contributed by atoms with Crippen molar-refractivity contribution in [2.24, 2.45) is 0 Å². The molecule has 0 spiro atoms. The van der Waals surface area contributed by atoms with Crippen LogP contribution in [-0.2, 0) is 6.54 Å². The molecule has 82 valence electrons. The number of ether oxygens (including phenoxy) is 1. The number of fused-ring (bicyclic) bond motifs is 1. The predicted octanol–water partition coefficient (Wildman–Crippen LogP) is 2.00. The first-order valence-corrected chi connectivity index (χ1v) is 5.60. The smallest absolute Gasteiger partial charge is 0.420 e. The molecular formula is C11H8INO3. The molecule has 1 heterocycles. The maximum Gasteiger partial charge on any atom is 0.420 e. The van der Waals surface area contributed by atoms with Gasteiger partial charge < -0.3 is 9.15 Å². The molecule has 0 aliphatic heterocycles. The molecule has 0 atom stereocenters. The highest BCUT2D eigenvalue weighted by molar-refractivity contribution is 14.1. The van der Waals surface area contributed by atoms with Gasteiger partial charge in [-0.1, -0.05) is 5.92 Å². The number of rotatable bonds is 2. The van der Waals surface area contributed by atoms with Gasteiger partial charge in [-0.05, 0) is 16.1 Å². The summed E-state index contributed by atoms with van der Waals surface area (Å²) in [4.78, 5) is 11.5. The Bertz CT molecular complexity index is 630. The zero-order chi connectivity index (χ0) is 11.5. The molecule has 0 aliphatic rings. The van der Waals surface area contributed by atoms with E-state index in [9.17, 15) is 4.79 Å². The minimum Gasteiger partial charge on any atom is -0.497 e. The highest BCUT2D eigenvalue weighted by atomic mass is 127. The topological polar surface area (TPSA) is 44.4 Å². The summed E-state index contributed by atoms with van der Waals surface area (Å²) in [5.41, 5.74) is 1.24. The van der Waals surface area contributed by atoms with Crippen LogP contribution in [0.2, 0.25) is 0 Å². The lowest BCUT2D eigenvalue weighted by molar-refractivity contribution is 0.415. The Balaban J connectivity index is 2.64. The highest BCUT2D eigenvalue weighted by Gasteiger charge is 2.08. The average molecular weight is 329 g/mol. The van der Waals surface area contributed by atoms with E-state index < -0.39 is 5.76 Å². The van der Waals surface area contributed by atoms with Crippen LogP contribution in [0.1, 0.15) is 0 Å². The van der Waals surface area contributed by atoms with Gasteiger partial charge in [0, 0.05) is 28.7 Å². The second-order valence-corrected chi connectivity index (χ2v) is 3.60. The van der Waals surface area contributed by atoms with Crippen LogP contribution in [0.15, 0.2) is 27.4 Å². The van der Waals surface area contributed by atoms with Gasteiger partial charge in [0.05, 0.1) is 19.2 Å². The Morgan fingerprint density at radius 2 is 2.38 bits per heavy atom. The quantitative estimate of drug-likeness (QED) is 0.625. The number of benzene rings is 1. The minimum absolute atomic E-state index is 0.321. The highest BCUT2D eigenvalue weighted by Crippen LogP contribution is 2.19. The number of nitrogens with zero attached hydrogens (tertiary/aromatic N) is 1. The second kappa shape index (κ2) is 4.61. The number of oxazole rings is 1. The lowest BCUT2D eigenvalue weighted by Gasteiger charge is -1.99. The van der Waals surface area contributed by atoms with Crippen LogP contribution in [0.5, 0.6) is 5.75 Å². The Labute approximate surface area is 105 Å². The van der Waals surface area contributed by atoms with Crippen molar-refractivity contribution in [2.45, 2.75) is 6.54 Å². The van der Waals surface area contributed by atoms with E-state index in [1.54, 1.807) is 25.3 Å². The Morgan fingerprint density at radius 1 is 1.56 bits per heavy atom. The molecule has 0 radical (unpaired) electrons. The first-order chi connectivity index (χ1) is 7.76. The third-order valence-electron chi connectivity index (χ3n) is 2.18. The van der Waals surface area contributed by atoms with Gasteiger partial charge in [-0.2, -0.15) is 0 Å². The van der Waals surface area contributed by atoms with Gasteiger partial charge in [0.2, 0.25) is 0 Å². The maximum absolute atomic E-state index is 11.5. The molecule has 16 heavy (non-hydrogen) atoms. The summed E-state index contributed by atoms with van der Waals surface area (Å²) in [5, 5.41) is 0. The molecule has 0 saturated carbocycles. The van der Waals surface area contributed by atoms with E-state index >= 15 is 0 Å². The molecule has 0 fully saturated rings. The van der Waals surface area contributed by atoms with Gasteiger partial charge in [0.1, 0.15) is 5.75 Å². The molecule has 2 rings (SSSR count). The summed E-state index contributed by atoms with van der Waals surface area (Å²) in [6, 6.07) is 5.22. The van der Waals surface area contributed by atoms with Crippen LogP contribution >= 0.6 is 22.6 Å². The molecule has 2 aromatic rings. The molecule has 0 unspecified atom stereocenters. The second-order valence-electron chi connectivity index (χ2n) is 3.06. The lowest BCUT2D eigenvalue weighted by atomic mass is 10.3. The van der Waals surface area contributed by atoms with Crippen molar-refractivity contribution in [1.82, 2.24) is 4.57 Å². The van der Waals surface area contributed by atoms with Crippen molar-refractivity contribution >= 4 is 33.7 Å². The zero-order valence-electron chi connectivity index (χ0n) is 8.49. The number of hydrogen-bond acceptors (Lipinski definition) is 3. The van der Waals surface area contributed by atoms with E-state index in [-0.39, 0.29) is 0 Å². The normalized spacial score (nSPS) is 9.88. The number of hydrogen-bond donors (Lipinski definition) is 0. The van der Waals surface area contributed by atoms with Gasteiger partial charge in [-0.25, -0.2) is 4.79 Å². The van der Waals surface area contributed by atoms with Crippen molar-refractivity contribution in [3.05, 3.63) is 28.7 Å². The van der Waals surface area contributed by atoms with E-state index in [4.69, 9.17) is 9.15 Å². The van der Waals surface area contributed by atoms with Crippen LogP contribution in [-0.4, -0.2) is 11.7 Å². The van der Waals surface area contributed by atoms with Crippen molar-refractivity contribution in [2.75, 3.05) is 7.11 Å². The van der Waals surface area contributed by atoms with E-state index in [0.717, 1.165) is 0 Å². The predicted molar refractivity (Wildman–Crippen MR) is 68.8 cm³/mol. The standard InChI is InChI=1S/C11H8INO3/c1-15-8-3-4-10-9(7-8)13(6-2-5-12)11(14)16-10/h3-4,7H,6H2,1H3. The van der Waals surface area contributed by atoms with Crippen molar-refractivity contribution in [3.63, 3.8) is 0 Å². The molecular weight excluding hydrogens is 321 g/mol. The molecule has 0 amide bonds. The molecule has 1 aromatic heterocycles. The van der Waals surface area contributed by atoms with Gasteiger partial charge in [-0.15, -0.1) is 0 Å². The van der Waals surface area contributed by atoms with E-state index in [2.05, 4.69) is 9.85 Å². The molecule has 0 aliphatic carbocycles. The van der Waals surface area contributed by atoms with Gasteiger partial charge in [-0.3, -0.25) is 4.57 Å². The number of aromatic nitrogens is 1. The maximum atomic E-state index is 11.5. The van der Waals surface area contributed by atoms with Crippen molar-refractivity contribution < 1.29 is 9.15 Å². The van der Waals surface area contributed by atoms with Gasteiger partial charge in [0.25, 0.3) is 0 Å². The summed E-state index contributed by atoms with van der Waals surface area (Å²) in [7, 11) is 1.58. The van der Waals surface area contributed by atoms with Gasteiger partial charge >= 0.3 is 5.76 Å². The van der Waals surface area contributed by atoms with E-state index in [1.807, 2.05) is 22.6 Å². The summed E-state index contributed by atoms with van der Waals surface area (Å²) in [6.45, 7) is 0.321. The molecule has 0 N–H and O–H groups in total. The summed E-state index contributed by atoms with van der Waals surface area (Å²) in [5.74, 6) is 3.10. The summed E-state index contributed by atoms with van der Waals surface area (Å²) >= 11 is 1.93. The molecule has 0 saturated heterocycles. The fourth-order valence-corrected chi connectivity index (χ4v) is 1.60. The van der Waals surface area contributed by atoms with Crippen LogP contribution in [0, 0.1) is 9.85 Å². The minimum atomic E-state index is -0.401. The van der Waals surface area contributed by atoms with Crippen LogP contribution < -0.4 is 10.5 Å². The summed E-state index contributed by atoms with van der Waals surface area (Å²) in [6.07, 6.45) is 0. The Hall–Kier alpha value is -1.42.